The van der Waals surface area contributed by atoms with E-state index in [4.69, 9.17) is 5.11 Å². The summed E-state index contributed by atoms with van der Waals surface area (Å²) in [5, 5.41) is 13.0. The number of carboxylic acid groups (broad SMARTS) is 1. The van der Waals surface area contributed by atoms with Gasteiger partial charge in [-0.2, -0.15) is 5.10 Å². The fraction of sp³-hybridized carbons (Fsp3) is 0.429. The van der Waals surface area contributed by atoms with Gasteiger partial charge in [0.15, 0.2) is 5.65 Å². The van der Waals surface area contributed by atoms with Gasteiger partial charge in [0.05, 0.1) is 23.4 Å². The van der Waals surface area contributed by atoms with Crippen LogP contribution in [0.4, 0.5) is 0 Å². The molecule has 0 saturated heterocycles. The van der Waals surface area contributed by atoms with Gasteiger partial charge in [-0.15, -0.1) is 0 Å². The number of nitrogens with zero attached hydrogens (tertiary/aromatic N) is 4. The van der Waals surface area contributed by atoms with E-state index >= 15 is 0 Å². The van der Waals surface area contributed by atoms with E-state index in [-0.39, 0.29) is 18.9 Å². The predicted molar refractivity (Wildman–Crippen MR) is 76.3 cm³/mol. The molecule has 0 aliphatic heterocycles. The van der Waals surface area contributed by atoms with Crippen molar-refractivity contribution >= 4 is 17.5 Å². The highest BCUT2D eigenvalue weighted by Gasteiger charge is 2.19. The third-order valence-corrected chi connectivity index (χ3v) is 3.34. The molecule has 0 aliphatic rings. The predicted octanol–water partition coefficient (Wildman–Crippen LogP) is 1.28. The Morgan fingerprint density at radius 3 is 2.71 bits per heavy atom. The van der Waals surface area contributed by atoms with Crippen molar-refractivity contribution in [2.24, 2.45) is 0 Å². The molecule has 2 aromatic heterocycles. The monoisotopic (exact) mass is 290 g/mol. The van der Waals surface area contributed by atoms with E-state index in [9.17, 15) is 9.59 Å². The second-order valence-corrected chi connectivity index (χ2v) is 4.84. The van der Waals surface area contributed by atoms with Crippen LogP contribution in [0.5, 0.6) is 0 Å². The number of carboxylic acids is 1. The van der Waals surface area contributed by atoms with Gasteiger partial charge in [0.1, 0.15) is 0 Å². The van der Waals surface area contributed by atoms with Gasteiger partial charge >= 0.3 is 5.97 Å². The summed E-state index contributed by atoms with van der Waals surface area (Å²) in [5.74, 6) is -1.15. The Balaban J connectivity index is 2.33. The molecule has 0 fully saturated rings. The molecular formula is C14H18N4O3. The first kappa shape index (κ1) is 15.0. The fourth-order valence-corrected chi connectivity index (χ4v) is 2.18. The van der Waals surface area contributed by atoms with E-state index in [1.807, 2.05) is 19.9 Å². The Labute approximate surface area is 122 Å². The molecule has 0 spiro atoms. The number of carbonyl (C=O) groups excluding carboxylic acids is 1. The fourth-order valence-electron chi connectivity index (χ4n) is 2.18. The lowest BCUT2D eigenvalue weighted by Gasteiger charge is -2.20. The molecule has 21 heavy (non-hydrogen) atoms. The van der Waals surface area contributed by atoms with Crippen molar-refractivity contribution in [1.82, 2.24) is 19.5 Å². The van der Waals surface area contributed by atoms with Crippen LogP contribution >= 0.6 is 0 Å². The van der Waals surface area contributed by atoms with Crippen LogP contribution in [-0.2, 0) is 4.79 Å². The number of amides is 1. The molecule has 1 N–H and O–H groups in total. The van der Waals surface area contributed by atoms with Gasteiger partial charge in [0.2, 0.25) is 0 Å². The number of aryl methyl sites for hydroxylation is 2. The average Bonchev–Trinajstić information content (AvgIpc) is 2.81. The van der Waals surface area contributed by atoms with Crippen molar-refractivity contribution in [3.05, 3.63) is 29.2 Å². The molecule has 7 nitrogen and oxygen atoms in total. The molecular weight excluding hydrogens is 272 g/mol. The molecule has 0 bridgehead atoms. The first-order valence-electron chi connectivity index (χ1n) is 6.77. The number of hydrogen-bond acceptors (Lipinski definition) is 4. The Bertz CT molecular complexity index is 693. The van der Waals surface area contributed by atoms with Crippen molar-refractivity contribution < 1.29 is 14.7 Å². The number of aliphatic carboxylic acids is 1. The maximum Gasteiger partial charge on any atom is 0.305 e. The average molecular weight is 290 g/mol. The number of aromatic nitrogens is 3. The zero-order valence-corrected chi connectivity index (χ0v) is 12.3. The largest absolute Gasteiger partial charge is 0.481 e. The summed E-state index contributed by atoms with van der Waals surface area (Å²) in [6.07, 6.45) is 1.45. The maximum atomic E-state index is 12.5. The van der Waals surface area contributed by atoms with Crippen LogP contribution in [0, 0.1) is 13.8 Å². The molecule has 0 unspecified atom stereocenters. The summed E-state index contributed by atoms with van der Waals surface area (Å²) >= 11 is 0. The third-order valence-electron chi connectivity index (χ3n) is 3.34. The standard InChI is InChI=1S/C14H18N4O3/c1-4-17(6-5-13(19)20)14(21)11-8-15-12-7-9(2)16-18(12)10(11)3/h7-8H,4-6H2,1-3H3,(H,19,20). The molecule has 0 radical (unpaired) electrons. The molecule has 1 amide bonds. The van der Waals surface area contributed by atoms with Gasteiger partial charge in [-0.25, -0.2) is 9.50 Å². The summed E-state index contributed by atoms with van der Waals surface area (Å²) in [6.45, 7) is 6.11. The minimum absolute atomic E-state index is 0.0742. The van der Waals surface area contributed by atoms with Crippen LogP contribution < -0.4 is 0 Å². The molecule has 7 heteroatoms. The van der Waals surface area contributed by atoms with Crippen LogP contribution in [0.2, 0.25) is 0 Å². The summed E-state index contributed by atoms with van der Waals surface area (Å²) in [5.41, 5.74) is 2.66. The smallest absolute Gasteiger partial charge is 0.305 e. The number of carbonyl (C=O) groups is 2. The maximum absolute atomic E-state index is 12.5. The van der Waals surface area contributed by atoms with Crippen LogP contribution in [0.1, 0.15) is 35.1 Å². The SMILES string of the molecule is CCN(CCC(=O)O)C(=O)c1cnc2cc(C)nn2c1C. The summed E-state index contributed by atoms with van der Waals surface area (Å²) in [6, 6.07) is 1.84. The number of fused-ring (bicyclic) bond motifs is 1. The number of hydrogen-bond donors (Lipinski definition) is 1. The van der Waals surface area contributed by atoms with Crippen LogP contribution in [-0.4, -0.2) is 49.6 Å². The Morgan fingerprint density at radius 1 is 1.38 bits per heavy atom. The molecule has 2 heterocycles. The topological polar surface area (TPSA) is 87.8 Å². The van der Waals surface area contributed by atoms with Crippen molar-refractivity contribution in [3.63, 3.8) is 0 Å². The van der Waals surface area contributed by atoms with Crippen molar-refractivity contribution in [3.8, 4) is 0 Å². The quantitative estimate of drug-likeness (QED) is 0.896. The van der Waals surface area contributed by atoms with E-state index in [0.717, 1.165) is 5.69 Å². The van der Waals surface area contributed by atoms with Gasteiger partial charge in [-0.1, -0.05) is 0 Å². The summed E-state index contributed by atoms with van der Waals surface area (Å²) < 4.78 is 1.63. The van der Waals surface area contributed by atoms with Crippen molar-refractivity contribution in [2.45, 2.75) is 27.2 Å². The minimum atomic E-state index is -0.922. The molecule has 2 aromatic rings. The second kappa shape index (κ2) is 5.90. The zero-order valence-electron chi connectivity index (χ0n) is 12.3. The number of rotatable bonds is 5. The first-order valence-corrected chi connectivity index (χ1v) is 6.77. The Kier molecular flexibility index (Phi) is 4.21. The minimum Gasteiger partial charge on any atom is -0.481 e. The van der Waals surface area contributed by atoms with E-state index in [2.05, 4.69) is 10.1 Å². The second-order valence-electron chi connectivity index (χ2n) is 4.84. The molecule has 0 aromatic carbocycles. The molecule has 0 aliphatic carbocycles. The zero-order chi connectivity index (χ0) is 15.6. The molecule has 112 valence electrons. The summed E-state index contributed by atoms with van der Waals surface area (Å²) in [4.78, 5) is 28.9. The van der Waals surface area contributed by atoms with Gasteiger partial charge < -0.3 is 10.0 Å². The van der Waals surface area contributed by atoms with Gasteiger partial charge in [-0.05, 0) is 20.8 Å². The highest BCUT2D eigenvalue weighted by Crippen LogP contribution is 2.13. The normalized spacial score (nSPS) is 10.8. The van der Waals surface area contributed by atoms with Crippen molar-refractivity contribution in [2.75, 3.05) is 13.1 Å². The third kappa shape index (κ3) is 3.01. The van der Waals surface area contributed by atoms with E-state index in [1.165, 1.54) is 11.1 Å². The lowest BCUT2D eigenvalue weighted by Crippen LogP contribution is -2.33. The summed E-state index contributed by atoms with van der Waals surface area (Å²) in [7, 11) is 0. The first-order chi connectivity index (χ1) is 9.93. The van der Waals surface area contributed by atoms with E-state index < -0.39 is 5.97 Å². The van der Waals surface area contributed by atoms with Gasteiger partial charge in [0, 0.05) is 25.4 Å². The highest BCUT2D eigenvalue weighted by molar-refractivity contribution is 5.95. The Morgan fingerprint density at radius 2 is 2.10 bits per heavy atom. The Hall–Kier alpha value is -2.44. The van der Waals surface area contributed by atoms with Crippen molar-refractivity contribution in [1.29, 1.82) is 0 Å². The highest BCUT2D eigenvalue weighted by atomic mass is 16.4. The van der Waals surface area contributed by atoms with Gasteiger partial charge in [-0.3, -0.25) is 9.59 Å². The molecule has 0 saturated carbocycles. The van der Waals surface area contributed by atoms with E-state index in [1.54, 1.807) is 11.4 Å². The lowest BCUT2D eigenvalue weighted by molar-refractivity contribution is -0.137. The van der Waals surface area contributed by atoms with Crippen LogP contribution in [0.3, 0.4) is 0 Å². The molecule has 2 rings (SSSR count). The molecule has 0 atom stereocenters. The van der Waals surface area contributed by atoms with E-state index in [0.29, 0.717) is 23.4 Å². The van der Waals surface area contributed by atoms with Crippen LogP contribution in [0.25, 0.3) is 5.65 Å². The van der Waals surface area contributed by atoms with Gasteiger partial charge in [0.25, 0.3) is 5.91 Å². The van der Waals surface area contributed by atoms with Crippen LogP contribution in [0.15, 0.2) is 12.3 Å². The lowest BCUT2D eigenvalue weighted by atomic mass is 10.2.